The Morgan fingerprint density at radius 3 is 2.76 bits per heavy atom. The molecule has 0 bridgehead atoms. The van der Waals surface area contributed by atoms with Crippen molar-refractivity contribution >= 4 is 10.9 Å². The van der Waals surface area contributed by atoms with Crippen molar-refractivity contribution in [3.05, 3.63) is 30.0 Å². The fourth-order valence-electron chi connectivity index (χ4n) is 2.21. The molecular formula is C14H20N2O. The van der Waals surface area contributed by atoms with E-state index in [2.05, 4.69) is 35.9 Å². The molecule has 0 spiro atoms. The van der Waals surface area contributed by atoms with Crippen molar-refractivity contribution in [2.45, 2.75) is 25.8 Å². The van der Waals surface area contributed by atoms with E-state index < -0.39 is 0 Å². The Hall–Kier alpha value is -1.48. The van der Waals surface area contributed by atoms with Crippen LogP contribution in [0.4, 0.5) is 0 Å². The number of nitrogens with two attached hydrogens (primary N) is 1. The monoisotopic (exact) mass is 232 g/mol. The number of nitrogens with zero attached hydrogens (tertiary/aromatic N) is 1. The van der Waals surface area contributed by atoms with E-state index in [9.17, 15) is 0 Å². The van der Waals surface area contributed by atoms with E-state index in [4.69, 9.17) is 10.5 Å². The van der Waals surface area contributed by atoms with Crippen molar-refractivity contribution < 1.29 is 4.74 Å². The largest absolute Gasteiger partial charge is 0.494 e. The second-order valence-corrected chi connectivity index (χ2v) is 4.49. The van der Waals surface area contributed by atoms with Crippen LogP contribution in [0.3, 0.4) is 0 Å². The zero-order chi connectivity index (χ0) is 12.4. The van der Waals surface area contributed by atoms with Gasteiger partial charge in [-0.05, 0) is 24.5 Å². The van der Waals surface area contributed by atoms with Crippen molar-refractivity contribution in [1.29, 1.82) is 0 Å². The summed E-state index contributed by atoms with van der Waals surface area (Å²) in [5.41, 5.74) is 8.36. The minimum atomic E-state index is 0.196. The molecule has 17 heavy (non-hydrogen) atoms. The van der Waals surface area contributed by atoms with Gasteiger partial charge in [0.05, 0.1) is 12.6 Å². The average molecular weight is 232 g/mol. The fraction of sp³-hybridized carbons (Fsp3) is 0.429. The standard InChI is InChI=1S/C14H20N2O/c1-4-12(15)9-11-6-5-10-7-8-16(2)13(10)14(11)17-3/h5-8,12H,4,9,15H2,1-3H3. The summed E-state index contributed by atoms with van der Waals surface area (Å²) in [5.74, 6) is 0.957. The van der Waals surface area contributed by atoms with Gasteiger partial charge in [0.2, 0.25) is 0 Å². The lowest BCUT2D eigenvalue weighted by molar-refractivity contribution is 0.411. The summed E-state index contributed by atoms with van der Waals surface area (Å²) < 4.78 is 7.66. The van der Waals surface area contributed by atoms with Crippen molar-refractivity contribution in [3.63, 3.8) is 0 Å². The molecule has 1 unspecified atom stereocenters. The third-order valence-electron chi connectivity index (χ3n) is 3.29. The van der Waals surface area contributed by atoms with Crippen LogP contribution in [-0.4, -0.2) is 17.7 Å². The van der Waals surface area contributed by atoms with Gasteiger partial charge in [0, 0.05) is 24.7 Å². The predicted octanol–water partition coefficient (Wildman–Crippen LogP) is 2.47. The summed E-state index contributed by atoms with van der Waals surface area (Å²) in [4.78, 5) is 0. The van der Waals surface area contributed by atoms with Crippen molar-refractivity contribution in [2.24, 2.45) is 12.8 Å². The summed E-state index contributed by atoms with van der Waals surface area (Å²) in [6.07, 6.45) is 3.89. The highest BCUT2D eigenvalue weighted by atomic mass is 16.5. The SMILES string of the molecule is CCC(N)Cc1ccc2ccn(C)c2c1OC. The molecule has 1 heterocycles. The van der Waals surface area contributed by atoms with Gasteiger partial charge in [0.25, 0.3) is 0 Å². The summed E-state index contributed by atoms with van der Waals surface area (Å²) >= 11 is 0. The van der Waals surface area contributed by atoms with E-state index in [1.54, 1.807) is 7.11 Å². The molecule has 0 aliphatic heterocycles. The first-order valence-corrected chi connectivity index (χ1v) is 6.03. The minimum absolute atomic E-state index is 0.196. The van der Waals surface area contributed by atoms with Gasteiger partial charge in [-0.25, -0.2) is 0 Å². The molecule has 0 saturated heterocycles. The molecule has 3 nitrogen and oxygen atoms in total. The molecular weight excluding hydrogens is 212 g/mol. The molecule has 1 atom stereocenters. The first kappa shape index (κ1) is 12.0. The van der Waals surface area contributed by atoms with Crippen LogP contribution in [0, 0.1) is 0 Å². The van der Waals surface area contributed by atoms with E-state index in [1.807, 2.05) is 7.05 Å². The quantitative estimate of drug-likeness (QED) is 0.879. The second-order valence-electron chi connectivity index (χ2n) is 4.49. The zero-order valence-corrected chi connectivity index (χ0v) is 10.7. The van der Waals surface area contributed by atoms with Gasteiger partial charge >= 0.3 is 0 Å². The van der Waals surface area contributed by atoms with Crippen molar-refractivity contribution in [1.82, 2.24) is 4.57 Å². The Labute approximate surface area is 102 Å². The number of benzene rings is 1. The van der Waals surface area contributed by atoms with E-state index in [0.717, 1.165) is 24.1 Å². The Bertz CT molecular complexity index is 516. The van der Waals surface area contributed by atoms with Gasteiger partial charge in [-0.2, -0.15) is 0 Å². The van der Waals surface area contributed by atoms with Crippen LogP contribution < -0.4 is 10.5 Å². The molecule has 0 saturated carbocycles. The van der Waals surface area contributed by atoms with Crippen LogP contribution in [0.5, 0.6) is 5.75 Å². The van der Waals surface area contributed by atoms with Crippen LogP contribution in [0.2, 0.25) is 0 Å². The van der Waals surface area contributed by atoms with Crippen LogP contribution >= 0.6 is 0 Å². The fourth-order valence-corrected chi connectivity index (χ4v) is 2.21. The first-order valence-electron chi connectivity index (χ1n) is 6.03. The summed E-state index contributed by atoms with van der Waals surface area (Å²) in [6.45, 7) is 2.11. The lowest BCUT2D eigenvalue weighted by Crippen LogP contribution is -2.21. The Balaban J connectivity index is 2.52. The highest BCUT2D eigenvalue weighted by molar-refractivity contribution is 5.87. The normalized spacial score (nSPS) is 12.9. The maximum absolute atomic E-state index is 6.02. The van der Waals surface area contributed by atoms with Crippen molar-refractivity contribution in [3.8, 4) is 5.75 Å². The molecule has 2 N–H and O–H groups in total. The van der Waals surface area contributed by atoms with Gasteiger partial charge in [-0.15, -0.1) is 0 Å². The number of hydrogen-bond donors (Lipinski definition) is 1. The van der Waals surface area contributed by atoms with E-state index in [0.29, 0.717) is 0 Å². The molecule has 3 heteroatoms. The van der Waals surface area contributed by atoms with E-state index >= 15 is 0 Å². The minimum Gasteiger partial charge on any atom is -0.494 e. The number of methoxy groups -OCH3 is 1. The van der Waals surface area contributed by atoms with Crippen LogP contribution in [-0.2, 0) is 13.5 Å². The first-order chi connectivity index (χ1) is 8.17. The maximum Gasteiger partial charge on any atom is 0.146 e. The molecule has 0 amide bonds. The van der Waals surface area contributed by atoms with Crippen LogP contribution in [0.25, 0.3) is 10.9 Å². The second kappa shape index (κ2) is 4.80. The maximum atomic E-state index is 6.02. The number of ether oxygens (including phenoxy) is 1. The topological polar surface area (TPSA) is 40.2 Å². The molecule has 0 aliphatic rings. The number of rotatable bonds is 4. The summed E-state index contributed by atoms with van der Waals surface area (Å²) in [7, 11) is 3.76. The van der Waals surface area contributed by atoms with Gasteiger partial charge in [0.15, 0.2) is 0 Å². The average Bonchev–Trinajstić information content (AvgIpc) is 2.71. The number of fused-ring (bicyclic) bond motifs is 1. The zero-order valence-electron chi connectivity index (χ0n) is 10.7. The van der Waals surface area contributed by atoms with Gasteiger partial charge in [-0.1, -0.05) is 19.1 Å². The number of aromatic nitrogens is 1. The molecule has 1 aromatic carbocycles. The summed E-state index contributed by atoms with van der Waals surface area (Å²) in [5, 5.41) is 1.21. The molecule has 1 aromatic heterocycles. The van der Waals surface area contributed by atoms with Crippen molar-refractivity contribution in [2.75, 3.05) is 7.11 Å². The smallest absolute Gasteiger partial charge is 0.146 e. The van der Waals surface area contributed by atoms with Gasteiger partial charge < -0.3 is 15.0 Å². The highest BCUT2D eigenvalue weighted by Crippen LogP contribution is 2.30. The third-order valence-corrected chi connectivity index (χ3v) is 3.29. The highest BCUT2D eigenvalue weighted by Gasteiger charge is 2.12. The molecule has 0 fully saturated rings. The number of aryl methyl sites for hydroxylation is 1. The Kier molecular flexibility index (Phi) is 3.38. The Morgan fingerprint density at radius 2 is 2.12 bits per heavy atom. The van der Waals surface area contributed by atoms with Crippen LogP contribution in [0.1, 0.15) is 18.9 Å². The van der Waals surface area contributed by atoms with E-state index in [-0.39, 0.29) is 6.04 Å². The predicted molar refractivity (Wildman–Crippen MR) is 71.4 cm³/mol. The van der Waals surface area contributed by atoms with Crippen LogP contribution in [0.15, 0.2) is 24.4 Å². The number of hydrogen-bond acceptors (Lipinski definition) is 2. The molecule has 2 aromatic rings. The molecule has 92 valence electrons. The Morgan fingerprint density at radius 1 is 1.35 bits per heavy atom. The van der Waals surface area contributed by atoms with E-state index in [1.165, 1.54) is 10.9 Å². The lowest BCUT2D eigenvalue weighted by Gasteiger charge is -2.14. The summed E-state index contributed by atoms with van der Waals surface area (Å²) in [6, 6.07) is 6.55. The lowest BCUT2D eigenvalue weighted by atomic mass is 10.0. The van der Waals surface area contributed by atoms with Gasteiger partial charge in [-0.3, -0.25) is 0 Å². The molecule has 0 aliphatic carbocycles. The molecule has 2 rings (SSSR count). The van der Waals surface area contributed by atoms with Gasteiger partial charge in [0.1, 0.15) is 5.75 Å². The molecule has 0 radical (unpaired) electrons. The third kappa shape index (κ3) is 2.15.